The van der Waals surface area contributed by atoms with Crippen molar-refractivity contribution in [1.29, 1.82) is 0 Å². The molecule has 1 heterocycles. The summed E-state index contributed by atoms with van der Waals surface area (Å²) in [5.74, 6) is -1.07. The average Bonchev–Trinajstić information content (AvgIpc) is 2.68. The van der Waals surface area contributed by atoms with Gasteiger partial charge in [-0.3, -0.25) is 4.79 Å². The van der Waals surface area contributed by atoms with Crippen molar-refractivity contribution in [2.75, 3.05) is 13.2 Å². The first-order chi connectivity index (χ1) is 12.5. The molecule has 6 nitrogen and oxygen atoms in total. The first kappa shape index (κ1) is 18.6. The molecule has 138 valence electrons. The largest absolute Gasteiger partial charge is 0.485 e. The van der Waals surface area contributed by atoms with E-state index >= 15 is 0 Å². The molecule has 0 N–H and O–H groups in total. The molecule has 1 fully saturated rings. The van der Waals surface area contributed by atoms with Crippen LogP contribution in [0.5, 0.6) is 5.75 Å². The van der Waals surface area contributed by atoms with Gasteiger partial charge in [-0.1, -0.05) is 48.5 Å². The lowest BCUT2D eigenvalue weighted by atomic mass is 9.98. The SMILES string of the molecule is O=C(COc1ccccc1)S(=O)(=O)OC1(c2ccccc2)CCCCO1. The van der Waals surface area contributed by atoms with Gasteiger partial charge in [0.25, 0.3) is 0 Å². The third-order valence-electron chi connectivity index (χ3n) is 4.07. The van der Waals surface area contributed by atoms with Gasteiger partial charge in [0, 0.05) is 12.0 Å². The van der Waals surface area contributed by atoms with E-state index in [9.17, 15) is 13.2 Å². The number of hydrogen-bond donors (Lipinski definition) is 0. The van der Waals surface area contributed by atoms with E-state index in [1.165, 1.54) is 0 Å². The number of ether oxygens (including phenoxy) is 2. The minimum absolute atomic E-state index is 0.350. The van der Waals surface area contributed by atoms with Crippen LogP contribution in [0.1, 0.15) is 24.8 Å². The molecule has 0 aliphatic carbocycles. The standard InChI is InChI=1S/C19H20O6S/c20-18(15-23-17-11-5-2-6-12-17)26(21,22)25-19(13-7-8-14-24-19)16-9-3-1-4-10-16/h1-6,9-12H,7-8,13-15H2. The second-order valence-corrected chi connectivity index (χ2v) is 7.47. The highest BCUT2D eigenvalue weighted by atomic mass is 32.2. The number of carbonyl (C=O) groups is 1. The van der Waals surface area contributed by atoms with Gasteiger partial charge in [0.2, 0.25) is 5.79 Å². The number of carbonyl (C=O) groups excluding carboxylic acids is 1. The Hall–Kier alpha value is -2.22. The van der Waals surface area contributed by atoms with Crippen LogP contribution in [0.3, 0.4) is 0 Å². The molecule has 0 aromatic heterocycles. The minimum Gasteiger partial charge on any atom is -0.485 e. The molecule has 0 spiro atoms. The molecule has 1 atom stereocenters. The second kappa shape index (κ2) is 7.99. The maximum atomic E-state index is 12.5. The number of rotatable bonds is 6. The molecular weight excluding hydrogens is 356 g/mol. The van der Waals surface area contributed by atoms with Crippen molar-refractivity contribution in [3.05, 3.63) is 66.2 Å². The van der Waals surface area contributed by atoms with Crippen LogP contribution in [0, 0.1) is 0 Å². The van der Waals surface area contributed by atoms with Crippen LogP contribution in [0.4, 0.5) is 0 Å². The van der Waals surface area contributed by atoms with Gasteiger partial charge >= 0.3 is 15.2 Å². The van der Waals surface area contributed by atoms with Crippen molar-refractivity contribution in [2.45, 2.75) is 25.0 Å². The van der Waals surface area contributed by atoms with Crippen molar-refractivity contribution < 1.29 is 26.9 Å². The Kier molecular flexibility index (Phi) is 5.70. The third kappa shape index (κ3) is 4.30. The fourth-order valence-corrected chi connectivity index (χ4v) is 3.64. The Morgan fingerprint density at radius 2 is 1.65 bits per heavy atom. The Morgan fingerprint density at radius 1 is 1.00 bits per heavy atom. The van der Waals surface area contributed by atoms with E-state index in [0.29, 0.717) is 24.3 Å². The Bertz CT molecular complexity index is 827. The van der Waals surface area contributed by atoms with Crippen molar-refractivity contribution in [2.24, 2.45) is 0 Å². The smallest absolute Gasteiger partial charge is 0.337 e. The molecule has 26 heavy (non-hydrogen) atoms. The quantitative estimate of drug-likeness (QED) is 0.721. The first-order valence-electron chi connectivity index (χ1n) is 8.38. The van der Waals surface area contributed by atoms with Crippen molar-refractivity contribution >= 4 is 15.2 Å². The highest BCUT2D eigenvalue weighted by Gasteiger charge is 2.43. The lowest BCUT2D eigenvalue weighted by Gasteiger charge is -2.36. The van der Waals surface area contributed by atoms with E-state index < -0.39 is 27.6 Å². The van der Waals surface area contributed by atoms with Gasteiger partial charge in [-0.05, 0) is 25.0 Å². The summed E-state index contributed by atoms with van der Waals surface area (Å²) >= 11 is 0. The molecule has 2 aromatic carbocycles. The van der Waals surface area contributed by atoms with E-state index in [0.717, 1.165) is 12.8 Å². The predicted octanol–water partition coefficient (Wildman–Crippen LogP) is 2.99. The number of para-hydroxylation sites is 1. The van der Waals surface area contributed by atoms with Crippen molar-refractivity contribution in [3.63, 3.8) is 0 Å². The summed E-state index contributed by atoms with van der Waals surface area (Å²) in [6, 6.07) is 17.3. The first-order valence-corrected chi connectivity index (χ1v) is 9.78. The summed E-state index contributed by atoms with van der Waals surface area (Å²) in [4.78, 5) is 12.2. The Morgan fingerprint density at radius 3 is 2.27 bits per heavy atom. The summed E-state index contributed by atoms with van der Waals surface area (Å²) in [6.07, 6.45) is 1.89. The number of benzene rings is 2. The van der Waals surface area contributed by atoms with Crippen LogP contribution in [-0.4, -0.2) is 26.7 Å². The molecule has 0 saturated carbocycles. The number of hydrogen-bond acceptors (Lipinski definition) is 6. The monoisotopic (exact) mass is 376 g/mol. The molecule has 0 radical (unpaired) electrons. The Labute approximate surface area is 152 Å². The van der Waals surface area contributed by atoms with E-state index in [1.54, 1.807) is 54.6 Å². The zero-order chi connectivity index (χ0) is 18.5. The van der Waals surface area contributed by atoms with Crippen LogP contribution < -0.4 is 4.74 Å². The van der Waals surface area contributed by atoms with Crippen LogP contribution >= 0.6 is 0 Å². The summed E-state index contributed by atoms with van der Waals surface area (Å²) in [5.41, 5.74) is 0.569. The topological polar surface area (TPSA) is 78.9 Å². The van der Waals surface area contributed by atoms with Gasteiger partial charge in [0.1, 0.15) is 5.75 Å². The van der Waals surface area contributed by atoms with E-state index in [1.807, 2.05) is 6.07 Å². The zero-order valence-electron chi connectivity index (χ0n) is 14.2. The summed E-state index contributed by atoms with van der Waals surface area (Å²) in [5, 5.41) is -1.15. The molecule has 2 aromatic rings. The Balaban J connectivity index is 1.76. The fraction of sp³-hybridized carbons (Fsp3) is 0.316. The van der Waals surface area contributed by atoms with Gasteiger partial charge in [-0.2, -0.15) is 8.42 Å². The minimum atomic E-state index is -4.53. The lowest BCUT2D eigenvalue weighted by molar-refractivity contribution is -0.212. The molecule has 1 saturated heterocycles. The third-order valence-corrected chi connectivity index (χ3v) is 5.24. The molecule has 0 amide bonds. The fourth-order valence-electron chi connectivity index (χ4n) is 2.76. The van der Waals surface area contributed by atoms with Crippen molar-refractivity contribution in [1.82, 2.24) is 0 Å². The molecule has 1 aliphatic heterocycles. The van der Waals surface area contributed by atoms with Crippen molar-refractivity contribution in [3.8, 4) is 5.75 Å². The molecule has 3 rings (SSSR count). The zero-order valence-corrected chi connectivity index (χ0v) is 15.0. The van der Waals surface area contributed by atoms with E-state index in [2.05, 4.69) is 0 Å². The van der Waals surface area contributed by atoms with Crippen LogP contribution in [0.2, 0.25) is 0 Å². The van der Waals surface area contributed by atoms with Gasteiger partial charge in [-0.15, -0.1) is 0 Å². The molecule has 1 aliphatic rings. The lowest BCUT2D eigenvalue weighted by Crippen LogP contribution is -2.41. The van der Waals surface area contributed by atoms with Gasteiger partial charge in [0.15, 0.2) is 6.61 Å². The van der Waals surface area contributed by atoms with E-state index in [4.69, 9.17) is 13.7 Å². The second-order valence-electron chi connectivity index (χ2n) is 5.94. The van der Waals surface area contributed by atoms with E-state index in [-0.39, 0.29) is 0 Å². The maximum absolute atomic E-state index is 12.5. The van der Waals surface area contributed by atoms with Crippen LogP contribution in [-0.2, 0) is 29.6 Å². The van der Waals surface area contributed by atoms with Gasteiger partial charge < -0.3 is 9.47 Å². The highest BCUT2D eigenvalue weighted by Crippen LogP contribution is 2.38. The maximum Gasteiger partial charge on any atom is 0.337 e. The highest BCUT2D eigenvalue weighted by molar-refractivity contribution is 8.02. The van der Waals surface area contributed by atoms with Gasteiger partial charge in [-0.25, -0.2) is 4.18 Å². The molecule has 0 bridgehead atoms. The van der Waals surface area contributed by atoms with Gasteiger partial charge in [0.05, 0.1) is 6.61 Å². The molecular formula is C19H20O6S. The molecule has 7 heteroatoms. The van der Waals surface area contributed by atoms with Crippen LogP contribution in [0.25, 0.3) is 0 Å². The molecule has 1 unspecified atom stereocenters. The normalized spacial score (nSPS) is 20.5. The summed E-state index contributed by atoms with van der Waals surface area (Å²) in [6.45, 7) is -0.268. The average molecular weight is 376 g/mol. The summed E-state index contributed by atoms with van der Waals surface area (Å²) in [7, 11) is -4.53. The predicted molar refractivity (Wildman–Crippen MR) is 94.9 cm³/mol. The van der Waals surface area contributed by atoms with Crippen LogP contribution in [0.15, 0.2) is 60.7 Å². The summed E-state index contributed by atoms with van der Waals surface area (Å²) < 4.78 is 41.2.